The second-order valence-electron chi connectivity index (χ2n) is 18.7. The average Bonchev–Trinajstić information content (AvgIpc) is 4.18. The molecule has 2 heterocycles. The molecule has 362 valence electrons. The van der Waals surface area contributed by atoms with E-state index in [-0.39, 0.29) is 16.7 Å². The number of nitrogens with zero attached hydrogens (tertiary/aromatic N) is 8. The maximum absolute atomic E-state index is 14.5. The lowest BCUT2D eigenvalue weighted by molar-refractivity contribution is -0.137. The number of benzene rings is 10. The van der Waals surface area contributed by atoms with Gasteiger partial charge in [-0.15, -0.1) is 0 Å². The van der Waals surface area contributed by atoms with Gasteiger partial charge in [-0.1, -0.05) is 78.9 Å². The van der Waals surface area contributed by atoms with Crippen LogP contribution < -0.4 is 0 Å². The molecular formula is C67H33F3N8. The van der Waals surface area contributed by atoms with Crippen molar-refractivity contribution >= 4 is 43.6 Å². The number of alkyl halides is 3. The van der Waals surface area contributed by atoms with E-state index in [4.69, 9.17) is 0 Å². The predicted octanol–water partition coefficient (Wildman–Crippen LogP) is 16.5. The van der Waals surface area contributed by atoms with Crippen LogP contribution in [0.4, 0.5) is 13.2 Å². The largest absolute Gasteiger partial charge is 0.416 e. The lowest BCUT2D eigenvalue weighted by Crippen LogP contribution is -2.07. The van der Waals surface area contributed by atoms with E-state index in [0.29, 0.717) is 61.3 Å². The summed E-state index contributed by atoms with van der Waals surface area (Å²) in [6, 6.07) is 72.6. The van der Waals surface area contributed by atoms with Crippen LogP contribution in [0.2, 0.25) is 0 Å². The summed E-state index contributed by atoms with van der Waals surface area (Å²) in [7, 11) is 0. The number of halogens is 3. The number of nitriles is 6. The molecule has 0 radical (unpaired) electrons. The van der Waals surface area contributed by atoms with Crippen LogP contribution in [-0.4, -0.2) is 9.13 Å². The van der Waals surface area contributed by atoms with Crippen molar-refractivity contribution in [3.8, 4) is 103 Å². The Balaban J connectivity index is 1.18. The maximum atomic E-state index is 14.5. The molecule has 2 aromatic heterocycles. The molecule has 10 aromatic carbocycles. The summed E-state index contributed by atoms with van der Waals surface area (Å²) in [5.41, 5.74) is 11.5. The standard InChI is InChI=1S/C67H33F3N8/c68-67(69,70)54-17-18-55(52(27-54)38-75)60-33-65(77-61-19-13-48(44-9-1-5-40(23-44)34-71)28-56(61)57-29-49(14-20-62(57)77)45-10-2-6-41(24-45)35-72)53(39-76)32-66(60)78-63-21-15-50(46-11-3-7-42(25-46)36-73)30-58(63)59-31-51(16-22-64(59)78)47-12-4-8-43(26-47)37-74/h1-33H. The number of aromatic nitrogens is 2. The zero-order valence-corrected chi connectivity index (χ0v) is 40.8. The van der Waals surface area contributed by atoms with E-state index >= 15 is 0 Å². The highest BCUT2D eigenvalue weighted by Gasteiger charge is 2.32. The zero-order valence-electron chi connectivity index (χ0n) is 40.8. The number of fused-ring (bicyclic) bond motifs is 6. The van der Waals surface area contributed by atoms with Crippen LogP contribution in [0.15, 0.2) is 200 Å². The van der Waals surface area contributed by atoms with Crippen LogP contribution in [-0.2, 0) is 6.18 Å². The molecule has 0 N–H and O–H groups in total. The van der Waals surface area contributed by atoms with Crippen molar-refractivity contribution in [2.45, 2.75) is 6.18 Å². The molecule has 0 saturated heterocycles. The van der Waals surface area contributed by atoms with Gasteiger partial charge in [-0.3, -0.25) is 0 Å². The molecule has 12 rings (SSSR count). The topological polar surface area (TPSA) is 153 Å². The normalized spacial score (nSPS) is 11.2. The number of hydrogen-bond donors (Lipinski definition) is 0. The molecule has 12 aromatic rings. The Labute approximate surface area is 444 Å². The van der Waals surface area contributed by atoms with Crippen molar-refractivity contribution in [1.82, 2.24) is 9.13 Å². The Morgan fingerprint density at radius 2 is 0.641 bits per heavy atom. The van der Waals surface area contributed by atoms with Gasteiger partial charge in [-0.2, -0.15) is 44.7 Å². The van der Waals surface area contributed by atoms with Gasteiger partial charge in [-0.05, 0) is 166 Å². The molecule has 0 aliphatic heterocycles. The van der Waals surface area contributed by atoms with Crippen LogP contribution in [0.1, 0.15) is 38.9 Å². The van der Waals surface area contributed by atoms with Crippen molar-refractivity contribution in [1.29, 1.82) is 31.6 Å². The second-order valence-corrected chi connectivity index (χ2v) is 18.7. The summed E-state index contributed by atoms with van der Waals surface area (Å²) in [4.78, 5) is 0. The highest BCUT2D eigenvalue weighted by atomic mass is 19.4. The van der Waals surface area contributed by atoms with E-state index in [2.05, 4.69) is 36.4 Å². The van der Waals surface area contributed by atoms with Gasteiger partial charge in [-0.25, -0.2) is 0 Å². The maximum Gasteiger partial charge on any atom is 0.416 e. The fraction of sp³-hybridized carbons (Fsp3) is 0.0149. The lowest BCUT2D eigenvalue weighted by atomic mass is 9.94. The Kier molecular flexibility index (Phi) is 11.4. The van der Waals surface area contributed by atoms with Crippen molar-refractivity contribution in [3.05, 3.63) is 239 Å². The third-order valence-electron chi connectivity index (χ3n) is 14.3. The van der Waals surface area contributed by atoms with E-state index in [0.717, 1.165) is 78.2 Å². The third-order valence-corrected chi connectivity index (χ3v) is 14.3. The zero-order chi connectivity index (χ0) is 53.8. The summed E-state index contributed by atoms with van der Waals surface area (Å²) in [6.45, 7) is 0. The quantitative estimate of drug-likeness (QED) is 0.155. The van der Waals surface area contributed by atoms with Gasteiger partial charge in [0.25, 0.3) is 0 Å². The Morgan fingerprint density at radius 3 is 0.974 bits per heavy atom. The van der Waals surface area contributed by atoms with E-state index < -0.39 is 11.7 Å². The van der Waals surface area contributed by atoms with Crippen LogP contribution in [0.3, 0.4) is 0 Å². The summed E-state index contributed by atoms with van der Waals surface area (Å²) < 4.78 is 47.3. The molecule has 0 aliphatic carbocycles. The van der Waals surface area contributed by atoms with Crippen molar-refractivity contribution in [3.63, 3.8) is 0 Å². The Hall–Kier alpha value is -11.5. The smallest absolute Gasteiger partial charge is 0.309 e. The van der Waals surface area contributed by atoms with Crippen molar-refractivity contribution in [2.75, 3.05) is 0 Å². The van der Waals surface area contributed by atoms with Gasteiger partial charge >= 0.3 is 6.18 Å². The first-order valence-electron chi connectivity index (χ1n) is 24.4. The fourth-order valence-electron chi connectivity index (χ4n) is 10.7. The molecule has 0 aliphatic rings. The van der Waals surface area contributed by atoms with Gasteiger partial charge in [0.2, 0.25) is 0 Å². The van der Waals surface area contributed by atoms with E-state index in [1.807, 2.05) is 143 Å². The van der Waals surface area contributed by atoms with Gasteiger partial charge in [0.15, 0.2) is 0 Å². The summed E-state index contributed by atoms with van der Waals surface area (Å²) in [6.07, 6.45) is -4.75. The predicted molar refractivity (Wildman–Crippen MR) is 296 cm³/mol. The minimum atomic E-state index is -4.75. The Morgan fingerprint density at radius 1 is 0.295 bits per heavy atom. The van der Waals surface area contributed by atoms with Crippen LogP contribution in [0, 0.1) is 68.0 Å². The molecular weight excluding hydrogens is 974 g/mol. The van der Waals surface area contributed by atoms with Crippen molar-refractivity contribution in [2.24, 2.45) is 0 Å². The molecule has 0 unspecified atom stereocenters. The van der Waals surface area contributed by atoms with Crippen LogP contribution in [0.25, 0.3) is 111 Å². The van der Waals surface area contributed by atoms with E-state index in [1.165, 1.54) is 6.07 Å². The number of rotatable bonds is 7. The second kappa shape index (κ2) is 18.8. The summed E-state index contributed by atoms with van der Waals surface area (Å²) >= 11 is 0. The van der Waals surface area contributed by atoms with Crippen LogP contribution >= 0.6 is 0 Å². The molecule has 0 atom stereocenters. The van der Waals surface area contributed by atoms with E-state index in [1.54, 1.807) is 48.5 Å². The molecule has 78 heavy (non-hydrogen) atoms. The molecule has 11 heteroatoms. The number of hydrogen-bond acceptors (Lipinski definition) is 6. The SMILES string of the molecule is N#Cc1cccc(-c2ccc3c(c2)c2cc(-c4cccc(C#N)c4)ccc2n3-c2cc(-c3ccc(C(F)(F)F)cc3C#N)c(-n3c4ccc(-c5cccc(C#N)c5)cc4c4cc(-c5cccc(C#N)c5)ccc43)cc2C#N)c1. The highest BCUT2D eigenvalue weighted by molar-refractivity contribution is 6.14. The van der Waals surface area contributed by atoms with Gasteiger partial charge in [0, 0.05) is 32.7 Å². The molecule has 8 nitrogen and oxygen atoms in total. The Bertz CT molecular complexity index is 4590. The third kappa shape index (κ3) is 8.08. The molecule has 0 bridgehead atoms. The van der Waals surface area contributed by atoms with Crippen LogP contribution in [0.5, 0.6) is 0 Å². The molecule has 0 saturated carbocycles. The van der Waals surface area contributed by atoms with E-state index in [9.17, 15) is 44.7 Å². The summed E-state index contributed by atoms with van der Waals surface area (Å²) in [5, 5.41) is 64.6. The van der Waals surface area contributed by atoms with Gasteiger partial charge in [0.1, 0.15) is 6.07 Å². The van der Waals surface area contributed by atoms with Gasteiger partial charge in [0.05, 0.1) is 103 Å². The first-order chi connectivity index (χ1) is 38.0. The molecule has 0 spiro atoms. The monoisotopic (exact) mass is 1010 g/mol. The average molecular weight is 1010 g/mol. The van der Waals surface area contributed by atoms with Crippen molar-refractivity contribution < 1.29 is 13.2 Å². The minimum Gasteiger partial charge on any atom is -0.309 e. The lowest BCUT2D eigenvalue weighted by Gasteiger charge is -2.20. The summed E-state index contributed by atoms with van der Waals surface area (Å²) in [5.74, 6) is 0. The molecule has 0 fully saturated rings. The first-order valence-corrected chi connectivity index (χ1v) is 24.4. The first kappa shape index (κ1) is 47.5. The fourth-order valence-corrected chi connectivity index (χ4v) is 10.7. The van der Waals surface area contributed by atoms with Gasteiger partial charge < -0.3 is 9.13 Å². The highest BCUT2D eigenvalue weighted by Crippen LogP contribution is 2.45. The minimum absolute atomic E-state index is 0.191. The molecule has 0 amide bonds.